The summed E-state index contributed by atoms with van der Waals surface area (Å²) in [6, 6.07) is 1.58. The molecule has 0 atom stereocenters. The molecule has 1 amide bonds. The number of hydrogen-bond acceptors (Lipinski definition) is 5. The number of hydrogen-bond donors (Lipinski definition) is 2. The Bertz CT molecular complexity index is 801. The lowest BCUT2D eigenvalue weighted by molar-refractivity contribution is 0.0909. The van der Waals surface area contributed by atoms with E-state index in [1.165, 1.54) is 22.1 Å². The van der Waals surface area contributed by atoms with Gasteiger partial charge in [-0.25, -0.2) is 8.42 Å². The Morgan fingerprint density at radius 3 is 2.57 bits per heavy atom. The Labute approximate surface area is 172 Å². The van der Waals surface area contributed by atoms with E-state index in [1.54, 1.807) is 11.8 Å². The van der Waals surface area contributed by atoms with Gasteiger partial charge < -0.3 is 10.3 Å². The highest BCUT2D eigenvalue weighted by Gasteiger charge is 2.28. The van der Waals surface area contributed by atoms with Crippen molar-refractivity contribution in [1.29, 1.82) is 0 Å². The number of sulfonamides is 1. The summed E-state index contributed by atoms with van der Waals surface area (Å²) in [4.78, 5) is 17.9. The average Bonchev–Trinajstić information content (AvgIpc) is 3.19. The summed E-state index contributed by atoms with van der Waals surface area (Å²) in [5.41, 5.74) is 1.62. The molecule has 0 saturated carbocycles. The molecule has 2 N–H and O–H groups in total. The van der Waals surface area contributed by atoms with E-state index < -0.39 is 10.0 Å². The number of nitrogens with zero attached hydrogens (tertiary/aromatic N) is 2. The lowest BCUT2D eigenvalue weighted by Gasteiger charge is -2.31. The van der Waals surface area contributed by atoms with Crippen LogP contribution in [0.5, 0.6) is 0 Å². The second-order valence-electron chi connectivity index (χ2n) is 7.60. The highest BCUT2D eigenvalue weighted by molar-refractivity contribution is 7.99. The first-order chi connectivity index (χ1) is 13.4. The van der Waals surface area contributed by atoms with Gasteiger partial charge in [-0.3, -0.25) is 9.69 Å². The molecule has 156 valence electrons. The maximum absolute atomic E-state index is 12.7. The summed E-state index contributed by atoms with van der Waals surface area (Å²) in [7, 11) is -3.53. The van der Waals surface area contributed by atoms with E-state index in [0.717, 1.165) is 44.0 Å². The zero-order chi connectivity index (χ0) is 20.1. The molecule has 0 unspecified atom stereocenters. The molecule has 28 heavy (non-hydrogen) atoms. The molecule has 2 aliphatic rings. The van der Waals surface area contributed by atoms with Crippen LogP contribution >= 0.6 is 11.8 Å². The van der Waals surface area contributed by atoms with Gasteiger partial charge in [0.05, 0.1) is 0 Å². The summed E-state index contributed by atoms with van der Waals surface area (Å²) in [6.45, 7) is 8.09. The number of amides is 1. The van der Waals surface area contributed by atoms with Crippen LogP contribution in [0.1, 0.15) is 37.2 Å². The maximum atomic E-state index is 12.7. The van der Waals surface area contributed by atoms with Gasteiger partial charge >= 0.3 is 0 Å². The van der Waals surface area contributed by atoms with Crippen LogP contribution in [0.15, 0.2) is 28.8 Å². The van der Waals surface area contributed by atoms with Crippen LogP contribution in [0.25, 0.3) is 0 Å². The van der Waals surface area contributed by atoms with Crippen molar-refractivity contribution in [3.63, 3.8) is 0 Å². The fourth-order valence-corrected chi connectivity index (χ4v) is 6.00. The number of carbonyl (C=O) groups excluding carboxylic acids is 1. The van der Waals surface area contributed by atoms with Gasteiger partial charge in [0.1, 0.15) is 10.6 Å². The van der Waals surface area contributed by atoms with Crippen LogP contribution < -0.4 is 5.32 Å². The number of thioether (sulfide) groups is 1. The number of piperidine rings is 1. The van der Waals surface area contributed by atoms with Crippen LogP contribution in [0.2, 0.25) is 0 Å². The van der Waals surface area contributed by atoms with E-state index in [-0.39, 0.29) is 16.8 Å². The molecule has 2 fully saturated rings. The van der Waals surface area contributed by atoms with Crippen molar-refractivity contribution in [2.45, 2.75) is 37.6 Å². The van der Waals surface area contributed by atoms with Gasteiger partial charge in [-0.15, -0.1) is 0 Å². The normalized spacial score (nSPS) is 20.1. The van der Waals surface area contributed by atoms with Crippen LogP contribution in [0, 0.1) is 0 Å². The Morgan fingerprint density at radius 1 is 1.25 bits per heavy atom. The first-order valence-corrected chi connectivity index (χ1v) is 12.4. The first kappa shape index (κ1) is 21.4. The molecule has 1 aromatic heterocycles. The Morgan fingerprint density at radius 2 is 1.93 bits per heavy atom. The van der Waals surface area contributed by atoms with Crippen molar-refractivity contribution < 1.29 is 13.2 Å². The van der Waals surface area contributed by atoms with E-state index in [0.29, 0.717) is 18.8 Å². The SMILES string of the molecule is CC(C)=CCN1CCC(NC(=O)c2cc(S(=O)(=O)N3CCSCC3)c[nH]2)CC1. The number of aromatic amines is 1. The zero-order valence-electron chi connectivity index (χ0n) is 16.6. The minimum atomic E-state index is -3.53. The monoisotopic (exact) mass is 426 g/mol. The van der Waals surface area contributed by atoms with Crippen LogP contribution in [-0.4, -0.2) is 78.8 Å². The first-order valence-electron chi connectivity index (χ1n) is 9.79. The van der Waals surface area contributed by atoms with Crippen LogP contribution in [0.3, 0.4) is 0 Å². The van der Waals surface area contributed by atoms with Crippen molar-refractivity contribution in [3.8, 4) is 0 Å². The van der Waals surface area contributed by atoms with Gasteiger partial charge in [0, 0.05) is 56.5 Å². The van der Waals surface area contributed by atoms with Gasteiger partial charge in [-0.1, -0.05) is 11.6 Å². The van der Waals surface area contributed by atoms with E-state index in [9.17, 15) is 13.2 Å². The standard InChI is InChI=1S/C19H30N4O3S2/c1-15(2)3-6-22-7-4-16(5-8-22)21-19(24)18-13-17(14-20-18)28(25,26)23-9-11-27-12-10-23/h3,13-14,16,20H,4-12H2,1-2H3,(H,21,24). The number of nitrogens with one attached hydrogen (secondary N) is 2. The average molecular weight is 427 g/mol. The number of likely N-dealkylation sites (tertiary alicyclic amines) is 1. The van der Waals surface area contributed by atoms with Gasteiger partial charge in [0.25, 0.3) is 5.91 Å². The second-order valence-corrected chi connectivity index (χ2v) is 10.8. The molecule has 2 saturated heterocycles. The predicted octanol–water partition coefficient (Wildman–Crippen LogP) is 1.91. The molecule has 9 heteroatoms. The predicted molar refractivity (Wildman–Crippen MR) is 113 cm³/mol. The Hall–Kier alpha value is -1.29. The molecule has 0 aliphatic carbocycles. The van der Waals surface area contributed by atoms with E-state index in [1.807, 2.05) is 0 Å². The molecule has 0 bridgehead atoms. The van der Waals surface area contributed by atoms with Crippen molar-refractivity contribution >= 4 is 27.7 Å². The number of aromatic nitrogens is 1. The van der Waals surface area contributed by atoms with Crippen molar-refractivity contribution in [2.75, 3.05) is 44.2 Å². The van der Waals surface area contributed by atoms with Gasteiger partial charge in [-0.2, -0.15) is 16.1 Å². The van der Waals surface area contributed by atoms with Gasteiger partial charge in [-0.05, 0) is 32.8 Å². The van der Waals surface area contributed by atoms with E-state index in [2.05, 4.69) is 35.1 Å². The summed E-state index contributed by atoms with van der Waals surface area (Å²) in [5, 5.41) is 3.04. The van der Waals surface area contributed by atoms with Crippen molar-refractivity contribution in [2.24, 2.45) is 0 Å². The zero-order valence-corrected chi connectivity index (χ0v) is 18.2. The number of rotatable bonds is 6. The summed E-state index contributed by atoms with van der Waals surface area (Å²) < 4.78 is 26.9. The molecule has 0 aromatic carbocycles. The quantitative estimate of drug-likeness (QED) is 0.679. The smallest absolute Gasteiger partial charge is 0.267 e. The summed E-state index contributed by atoms with van der Waals surface area (Å²) >= 11 is 1.76. The third kappa shape index (κ3) is 5.40. The Kier molecular flexibility index (Phi) is 7.25. The van der Waals surface area contributed by atoms with Crippen molar-refractivity contribution in [1.82, 2.24) is 19.5 Å². The lowest BCUT2D eigenvalue weighted by Crippen LogP contribution is -2.44. The minimum absolute atomic E-state index is 0.123. The molecular formula is C19H30N4O3S2. The fraction of sp³-hybridized carbons (Fsp3) is 0.632. The second kappa shape index (κ2) is 9.47. The molecular weight excluding hydrogens is 396 g/mol. The van der Waals surface area contributed by atoms with Gasteiger partial charge in [0.2, 0.25) is 10.0 Å². The third-order valence-electron chi connectivity index (χ3n) is 5.19. The number of H-pyrrole nitrogens is 1. The molecule has 7 nitrogen and oxygen atoms in total. The molecule has 3 rings (SSSR count). The van der Waals surface area contributed by atoms with Crippen LogP contribution in [-0.2, 0) is 10.0 Å². The fourth-order valence-electron chi connectivity index (χ4n) is 3.43. The lowest BCUT2D eigenvalue weighted by atomic mass is 10.0. The summed E-state index contributed by atoms with van der Waals surface area (Å²) in [6.07, 6.45) is 5.45. The highest BCUT2D eigenvalue weighted by Crippen LogP contribution is 2.21. The minimum Gasteiger partial charge on any atom is -0.356 e. The van der Waals surface area contributed by atoms with Crippen molar-refractivity contribution in [3.05, 3.63) is 29.6 Å². The number of allylic oxidation sites excluding steroid dienone is 1. The number of carbonyl (C=O) groups is 1. The molecule has 1 aromatic rings. The molecule has 2 aliphatic heterocycles. The third-order valence-corrected chi connectivity index (χ3v) is 8.01. The Balaban J connectivity index is 1.54. The largest absolute Gasteiger partial charge is 0.356 e. The maximum Gasteiger partial charge on any atom is 0.267 e. The van der Waals surface area contributed by atoms with E-state index >= 15 is 0 Å². The topological polar surface area (TPSA) is 85.5 Å². The van der Waals surface area contributed by atoms with E-state index in [4.69, 9.17) is 0 Å². The molecule has 0 spiro atoms. The summed E-state index contributed by atoms with van der Waals surface area (Å²) in [5.74, 6) is 1.38. The highest BCUT2D eigenvalue weighted by atomic mass is 32.2. The molecule has 0 radical (unpaired) electrons. The molecule has 3 heterocycles. The van der Waals surface area contributed by atoms with Gasteiger partial charge in [0.15, 0.2) is 0 Å². The van der Waals surface area contributed by atoms with Crippen LogP contribution in [0.4, 0.5) is 0 Å².